The van der Waals surface area contributed by atoms with Gasteiger partial charge in [0.1, 0.15) is 11.8 Å². The Hall–Kier alpha value is 0.0600. The van der Waals surface area contributed by atoms with Gasteiger partial charge in [-0.05, 0) is 35.9 Å². The van der Waals surface area contributed by atoms with Crippen LogP contribution >= 0.6 is 34.2 Å². The van der Waals surface area contributed by atoms with Gasteiger partial charge in [0, 0.05) is 6.61 Å². The normalized spacial score (nSPS) is 10.6. The third kappa shape index (κ3) is 3.03. The van der Waals surface area contributed by atoms with E-state index in [9.17, 15) is 0 Å². The van der Waals surface area contributed by atoms with Crippen molar-refractivity contribution >= 4 is 34.2 Å². The zero-order chi connectivity index (χ0) is 10.6. The van der Waals surface area contributed by atoms with Gasteiger partial charge in [0.05, 0.1) is 9.26 Å². The smallest absolute Gasteiger partial charge is 0.156 e. The Kier molecular flexibility index (Phi) is 5.05. The average Bonchev–Trinajstić information content (AvgIpc) is 2.19. The number of aromatic nitrogens is 2. The minimum Gasteiger partial charge on any atom is -0.374 e. The van der Waals surface area contributed by atoms with Crippen molar-refractivity contribution in [2.24, 2.45) is 0 Å². The number of halogens is 2. The lowest BCUT2D eigenvalue weighted by Gasteiger charge is -2.06. The Morgan fingerprint density at radius 2 is 2.07 bits per heavy atom. The fourth-order valence-electron chi connectivity index (χ4n) is 1.00. The van der Waals surface area contributed by atoms with Gasteiger partial charge < -0.3 is 4.74 Å². The first-order valence-corrected chi connectivity index (χ1v) is 5.93. The third-order valence-electron chi connectivity index (χ3n) is 1.70. The van der Waals surface area contributed by atoms with E-state index in [0.717, 1.165) is 15.7 Å². The monoisotopic (exact) mass is 326 g/mol. The first kappa shape index (κ1) is 12.1. The van der Waals surface area contributed by atoms with Crippen LogP contribution in [-0.2, 0) is 17.8 Å². The van der Waals surface area contributed by atoms with Gasteiger partial charge in [-0.1, -0.05) is 18.5 Å². The van der Waals surface area contributed by atoms with Crippen molar-refractivity contribution in [1.82, 2.24) is 9.97 Å². The average molecular weight is 327 g/mol. The Morgan fingerprint density at radius 3 is 2.64 bits per heavy atom. The zero-order valence-corrected chi connectivity index (χ0v) is 11.1. The van der Waals surface area contributed by atoms with E-state index in [1.54, 1.807) is 0 Å². The van der Waals surface area contributed by atoms with Crippen molar-refractivity contribution in [2.75, 3.05) is 6.61 Å². The van der Waals surface area contributed by atoms with Gasteiger partial charge in [-0.2, -0.15) is 0 Å². The summed E-state index contributed by atoms with van der Waals surface area (Å²) in [6.45, 7) is 5.08. The first-order valence-electron chi connectivity index (χ1n) is 4.47. The third-order valence-corrected chi connectivity index (χ3v) is 3.42. The molecule has 1 heterocycles. The summed E-state index contributed by atoms with van der Waals surface area (Å²) in [7, 11) is 0. The molecule has 1 aromatic rings. The molecule has 0 bridgehead atoms. The molecule has 0 N–H and O–H groups in total. The quantitative estimate of drug-likeness (QED) is 0.630. The molecule has 1 aromatic heterocycles. The molecule has 0 atom stereocenters. The minimum atomic E-state index is 0.431. The molecule has 1 rings (SSSR count). The topological polar surface area (TPSA) is 35.0 Å². The molecular formula is C9H12ClIN2O. The van der Waals surface area contributed by atoms with Gasteiger partial charge in [-0.25, -0.2) is 9.97 Å². The molecule has 5 heteroatoms. The summed E-state index contributed by atoms with van der Waals surface area (Å²) in [5, 5.41) is 0.521. The maximum absolute atomic E-state index is 5.96. The summed E-state index contributed by atoms with van der Waals surface area (Å²) >= 11 is 8.12. The summed E-state index contributed by atoms with van der Waals surface area (Å²) in [5.41, 5.74) is 0.986. The van der Waals surface area contributed by atoms with E-state index in [1.165, 1.54) is 0 Å². The summed E-state index contributed by atoms with van der Waals surface area (Å²) in [5.74, 6) is 0.661. The molecule has 0 aliphatic carbocycles. The molecule has 0 spiro atoms. The van der Waals surface area contributed by atoms with Gasteiger partial charge in [0.15, 0.2) is 5.82 Å². The molecule has 0 aromatic carbocycles. The molecular weight excluding hydrogens is 314 g/mol. The molecule has 14 heavy (non-hydrogen) atoms. The van der Waals surface area contributed by atoms with E-state index in [-0.39, 0.29) is 0 Å². The van der Waals surface area contributed by atoms with Gasteiger partial charge in [-0.15, -0.1) is 0 Å². The van der Waals surface area contributed by atoms with Crippen molar-refractivity contribution in [3.05, 3.63) is 20.2 Å². The van der Waals surface area contributed by atoms with Crippen LogP contribution in [0.4, 0.5) is 0 Å². The molecule has 0 unspecified atom stereocenters. The predicted octanol–water partition coefficient (Wildman–Crippen LogP) is 2.83. The van der Waals surface area contributed by atoms with Crippen LogP contribution in [0.3, 0.4) is 0 Å². The predicted molar refractivity (Wildman–Crippen MR) is 64.5 cm³/mol. The van der Waals surface area contributed by atoms with E-state index < -0.39 is 0 Å². The highest BCUT2D eigenvalue weighted by atomic mass is 127. The maximum atomic E-state index is 5.96. The van der Waals surface area contributed by atoms with Crippen molar-refractivity contribution in [3.63, 3.8) is 0 Å². The van der Waals surface area contributed by atoms with Crippen LogP contribution in [-0.4, -0.2) is 16.6 Å². The van der Waals surface area contributed by atoms with Crippen molar-refractivity contribution < 1.29 is 4.74 Å². The summed E-state index contributed by atoms with van der Waals surface area (Å²) in [6, 6.07) is 0. The van der Waals surface area contributed by atoms with Crippen LogP contribution in [0.2, 0.25) is 5.15 Å². The summed E-state index contributed by atoms with van der Waals surface area (Å²) in [4.78, 5) is 8.50. The number of hydrogen-bond donors (Lipinski definition) is 0. The number of hydrogen-bond acceptors (Lipinski definition) is 3. The van der Waals surface area contributed by atoms with Crippen LogP contribution in [0.15, 0.2) is 0 Å². The summed E-state index contributed by atoms with van der Waals surface area (Å²) in [6.07, 6.45) is 0.861. The first-order chi connectivity index (χ1) is 6.69. The highest BCUT2D eigenvalue weighted by molar-refractivity contribution is 14.1. The van der Waals surface area contributed by atoms with E-state index in [2.05, 4.69) is 32.6 Å². The van der Waals surface area contributed by atoms with Crippen molar-refractivity contribution in [3.8, 4) is 0 Å². The highest BCUT2D eigenvalue weighted by Crippen LogP contribution is 2.19. The van der Waals surface area contributed by atoms with Crippen LogP contribution in [0.1, 0.15) is 25.4 Å². The van der Waals surface area contributed by atoms with Gasteiger partial charge in [-0.3, -0.25) is 0 Å². The van der Waals surface area contributed by atoms with E-state index in [1.807, 2.05) is 13.8 Å². The second-order valence-corrected chi connectivity index (χ2v) is 4.12. The molecule has 0 aliphatic heterocycles. The van der Waals surface area contributed by atoms with Crippen LogP contribution < -0.4 is 0 Å². The number of ether oxygens (including phenoxy) is 1. The number of rotatable bonds is 4. The lowest BCUT2D eigenvalue weighted by Crippen LogP contribution is -2.04. The fraction of sp³-hybridized carbons (Fsp3) is 0.556. The van der Waals surface area contributed by atoms with Crippen LogP contribution in [0.5, 0.6) is 0 Å². The van der Waals surface area contributed by atoms with E-state index in [4.69, 9.17) is 16.3 Å². The van der Waals surface area contributed by atoms with E-state index in [0.29, 0.717) is 24.2 Å². The Balaban J connectivity index is 2.91. The Labute approximate surface area is 102 Å². The van der Waals surface area contributed by atoms with Crippen LogP contribution in [0.25, 0.3) is 0 Å². The van der Waals surface area contributed by atoms with E-state index >= 15 is 0 Å². The Morgan fingerprint density at radius 1 is 1.36 bits per heavy atom. The standard InChI is InChI=1S/C9H12ClIN2O/c1-3-6-8(11)9(10)13-7(12-6)5-14-4-2/h3-5H2,1-2H3. The largest absolute Gasteiger partial charge is 0.374 e. The SMILES string of the molecule is CCOCc1nc(Cl)c(I)c(CC)n1. The number of nitrogens with zero attached hydrogens (tertiary/aromatic N) is 2. The Bertz CT molecular complexity index is 320. The molecule has 0 radical (unpaired) electrons. The van der Waals surface area contributed by atoms with Gasteiger partial charge in [0.25, 0.3) is 0 Å². The molecule has 0 aliphatic rings. The zero-order valence-electron chi connectivity index (χ0n) is 8.18. The van der Waals surface area contributed by atoms with Crippen molar-refractivity contribution in [2.45, 2.75) is 26.9 Å². The molecule has 0 saturated heterocycles. The molecule has 3 nitrogen and oxygen atoms in total. The van der Waals surface area contributed by atoms with Crippen LogP contribution in [0, 0.1) is 3.57 Å². The summed E-state index contributed by atoms with van der Waals surface area (Å²) < 4.78 is 6.16. The van der Waals surface area contributed by atoms with Gasteiger partial charge >= 0.3 is 0 Å². The molecule has 78 valence electrons. The lowest BCUT2D eigenvalue weighted by atomic mass is 10.3. The lowest BCUT2D eigenvalue weighted by molar-refractivity contribution is 0.128. The second-order valence-electron chi connectivity index (χ2n) is 2.68. The maximum Gasteiger partial charge on any atom is 0.156 e. The molecule has 0 amide bonds. The molecule has 0 saturated carbocycles. The highest BCUT2D eigenvalue weighted by Gasteiger charge is 2.08. The minimum absolute atomic E-state index is 0.431. The van der Waals surface area contributed by atoms with Crippen molar-refractivity contribution in [1.29, 1.82) is 0 Å². The second kappa shape index (κ2) is 5.82. The number of aryl methyl sites for hydroxylation is 1. The molecule has 0 fully saturated rings. The van der Waals surface area contributed by atoms with Gasteiger partial charge in [0.2, 0.25) is 0 Å². The fourth-order valence-corrected chi connectivity index (χ4v) is 1.83.